The number of hydrogen-bond acceptors (Lipinski definition) is 6. The van der Waals surface area contributed by atoms with Gasteiger partial charge in [-0.3, -0.25) is 9.36 Å². The van der Waals surface area contributed by atoms with Gasteiger partial charge in [0.25, 0.3) is 7.82 Å². The van der Waals surface area contributed by atoms with Crippen LogP contribution in [0.2, 0.25) is 0 Å². The maximum absolute atomic E-state index is 12.9. The predicted molar refractivity (Wildman–Crippen MR) is 238 cm³/mol. The van der Waals surface area contributed by atoms with Crippen molar-refractivity contribution in [2.45, 2.75) is 231 Å². The summed E-state index contributed by atoms with van der Waals surface area (Å²) < 4.78 is 23.2. The van der Waals surface area contributed by atoms with Crippen molar-refractivity contribution in [1.82, 2.24) is 5.32 Å². The van der Waals surface area contributed by atoms with Gasteiger partial charge in [0.2, 0.25) is 5.91 Å². The molecule has 1 amide bonds. The second kappa shape index (κ2) is 39.4. The minimum atomic E-state index is -4.58. The van der Waals surface area contributed by atoms with E-state index in [2.05, 4.69) is 31.3 Å². The first-order valence-electron chi connectivity index (χ1n) is 23.7. The smallest absolute Gasteiger partial charge is 0.268 e. The summed E-state index contributed by atoms with van der Waals surface area (Å²) in [5.41, 5.74) is 0. The van der Waals surface area contributed by atoms with E-state index in [0.717, 1.165) is 38.5 Å². The number of phosphoric acid groups is 1. The molecule has 9 heteroatoms. The Balaban J connectivity index is 4.30. The summed E-state index contributed by atoms with van der Waals surface area (Å²) in [6.07, 6.45) is 46.5. The van der Waals surface area contributed by atoms with Gasteiger partial charge in [-0.2, -0.15) is 0 Å². The normalized spacial score (nSPS) is 14.5. The Labute approximate surface area is 347 Å². The first-order valence-corrected chi connectivity index (χ1v) is 25.2. The van der Waals surface area contributed by atoms with E-state index in [4.69, 9.17) is 9.05 Å². The molecular formula is C47H93N2O6P. The second-order valence-corrected chi connectivity index (χ2v) is 18.9. The first-order chi connectivity index (χ1) is 27.0. The SMILES string of the molecule is CCCCCCCCC=CCCCCCCCCCCCCCC(=O)NC(COP(=O)([O-])OCC[N+](C)(C)C)C(O)C=CCCCCCCCCCCCCC. The fourth-order valence-electron chi connectivity index (χ4n) is 6.85. The third-order valence-corrected chi connectivity index (χ3v) is 11.6. The lowest BCUT2D eigenvalue weighted by Gasteiger charge is -2.29. The van der Waals surface area contributed by atoms with Gasteiger partial charge in [-0.05, 0) is 44.9 Å². The number of amides is 1. The largest absolute Gasteiger partial charge is 0.756 e. The van der Waals surface area contributed by atoms with E-state index in [9.17, 15) is 19.4 Å². The molecule has 0 fully saturated rings. The van der Waals surface area contributed by atoms with Gasteiger partial charge < -0.3 is 28.8 Å². The molecule has 3 unspecified atom stereocenters. The second-order valence-electron chi connectivity index (χ2n) is 17.5. The molecule has 332 valence electrons. The zero-order valence-corrected chi connectivity index (χ0v) is 38.5. The molecular weight excluding hydrogens is 719 g/mol. The van der Waals surface area contributed by atoms with E-state index in [-0.39, 0.29) is 19.1 Å². The predicted octanol–water partition coefficient (Wildman–Crippen LogP) is 12.7. The van der Waals surface area contributed by atoms with Crippen molar-refractivity contribution in [3.63, 3.8) is 0 Å². The Hall–Kier alpha value is -1.02. The lowest BCUT2D eigenvalue weighted by molar-refractivity contribution is -0.870. The van der Waals surface area contributed by atoms with Crippen LogP contribution < -0.4 is 10.2 Å². The Morgan fingerprint density at radius 1 is 0.607 bits per heavy atom. The minimum Gasteiger partial charge on any atom is -0.756 e. The van der Waals surface area contributed by atoms with Crippen LogP contribution in [0.5, 0.6) is 0 Å². The van der Waals surface area contributed by atoms with Gasteiger partial charge in [-0.1, -0.05) is 192 Å². The molecule has 2 N–H and O–H groups in total. The molecule has 0 aliphatic heterocycles. The number of unbranched alkanes of at least 4 members (excludes halogenated alkanes) is 28. The summed E-state index contributed by atoms with van der Waals surface area (Å²) in [7, 11) is 1.26. The van der Waals surface area contributed by atoms with Gasteiger partial charge in [0, 0.05) is 6.42 Å². The molecule has 0 aliphatic carbocycles. The number of carbonyl (C=O) groups is 1. The zero-order valence-electron chi connectivity index (χ0n) is 37.6. The number of rotatable bonds is 43. The van der Waals surface area contributed by atoms with Crippen molar-refractivity contribution in [2.75, 3.05) is 40.9 Å². The first kappa shape index (κ1) is 55.0. The molecule has 8 nitrogen and oxygen atoms in total. The number of aliphatic hydroxyl groups excluding tert-OH is 1. The molecule has 0 saturated heterocycles. The summed E-state index contributed by atoms with van der Waals surface area (Å²) >= 11 is 0. The van der Waals surface area contributed by atoms with Crippen LogP contribution in [0.1, 0.15) is 219 Å². The van der Waals surface area contributed by atoms with Crippen molar-refractivity contribution in [3.05, 3.63) is 24.3 Å². The van der Waals surface area contributed by atoms with Crippen LogP contribution >= 0.6 is 7.82 Å². The molecule has 0 aromatic heterocycles. The van der Waals surface area contributed by atoms with Crippen molar-refractivity contribution < 1.29 is 32.9 Å². The fourth-order valence-corrected chi connectivity index (χ4v) is 7.58. The van der Waals surface area contributed by atoms with Crippen LogP contribution in [0.3, 0.4) is 0 Å². The number of phosphoric ester groups is 1. The number of nitrogens with one attached hydrogen (secondary N) is 1. The van der Waals surface area contributed by atoms with Gasteiger partial charge in [0.05, 0.1) is 39.9 Å². The molecule has 0 rings (SSSR count). The number of likely N-dealkylation sites (N-methyl/N-ethyl adjacent to an activating group) is 1. The van der Waals surface area contributed by atoms with Crippen molar-refractivity contribution in [3.8, 4) is 0 Å². The molecule has 0 aromatic rings. The average molecular weight is 813 g/mol. The van der Waals surface area contributed by atoms with Crippen LogP contribution in [0.4, 0.5) is 0 Å². The van der Waals surface area contributed by atoms with E-state index >= 15 is 0 Å². The average Bonchev–Trinajstić information content (AvgIpc) is 3.15. The van der Waals surface area contributed by atoms with Gasteiger partial charge in [0.15, 0.2) is 0 Å². The van der Waals surface area contributed by atoms with Crippen molar-refractivity contribution in [2.24, 2.45) is 0 Å². The van der Waals surface area contributed by atoms with Gasteiger partial charge in [-0.25, -0.2) is 0 Å². The highest BCUT2D eigenvalue weighted by atomic mass is 31.2. The quantitative estimate of drug-likeness (QED) is 0.0275. The minimum absolute atomic E-state index is 0.000198. The van der Waals surface area contributed by atoms with Crippen LogP contribution in [-0.2, 0) is 18.4 Å². The van der Waals surface area contributed by atoms with Crippen molar-refractivity contribution in [1.29, 1.82) is 0 Å². The fraction of sp³-hybridized carbons (Fsp3) is 0.894. The molecule has 56 heavy (non-hydrogen) atoms. The molecule has 0 heterocycles. The summed E-state index contributed by atoms with van der Waals surface area (Å²) in [6, 6.07) is -0.883. The topological polar surface area (TPSA) is 108 Å². The summed E-state index contributed by atoms with van der Waals surface area (Å²) in [4.78, 5) is 25.3. The van der Waals surface area contributed by atoms with Crippen LogP contribution in [-0.4, -0.2) is 68.5 Å². The highest BCUT2D eigenvalue weighted by Crippen LogP contribution is 2.38. The third kappa shape index (κ3) is 41.2. The lowest BCUT2D eigenvalue weighted by atomic mass is 10.0. The van der Waals surface area contributed by atoms with Crippen LogP contribution in [0, 0.1) is 0 Å². The maximum atomic E-state index is 12.9. The summed E-state index contributed by atoms with van der Waals surface area (Å²) in [5, 5.41) is 13.8. The highest BCUT2D eigenvalue weighted by Gasteiger charge is 2.23. The van der Waals surface area contributed by atoms with Crippen LogP contribution in [0.25, 0.3) is 0 Å². The monoisotopic (exact) mass is 813 g/mol. The summed E-state index contributed by atoms with van der Waals surface area (Å²) in [6.45, 7) is 4.65. The summed E-state index contributed by atoms with van der Waals surface area (Å²) in [5.74, 6) is -0.198. The van der Waals surface area contributed by atoms with E-state index in [1.54, 1.807) is 6.08 Å². The Bertz CT molecular complexity index is 969. The van der Waals surface area contributed by atoms with E-state index in [1.165, 1.54) is 161 Å². The maximum Gasteiger partial charge on any atom is 0.268 e. The van der Waals surface area contributed by atoms with E-state index in [0.29, 0.717) is 17.4 Å². The van der Waals surface area contributed by atoms with Gasteiger partial charge in [-0.15, -0.1) is 0 Å². The molecule has 0 radical (unpaired) electrons. The van der Waals surface area contributed by atoms with E-state index < -0.39 is 20.0 Å². The Morgan fingerprint density at radius 2 is 0.982 bits per heavy atom. The third-order valence-electron chi connectivity index (χ3n) is 10.7. The molecule has 0 saturated carbocycles. The molecule has 3 atom stereocenters. The highest BCUT2D eigenvalue weighted by molar-refractivity contribution is 7.45. The van der Waals surface area contributed by atoms with Gasteiger partial charge >= 0.3 is 0 Å². The van der Waals surface area contributed by atoms with Gasteiger partial charge in [0.1, 0.15) is 13.2 Å². The number of allylic oxidation sites excluding steroid dienone is 3. The Kier molecular flexibility index (Phi) is 38.7. The van der Waals surface area contributed by atoms with Crippen molar-refractivity contribution >= 4 is 13.7 Å². The molecule has 0 spiro atoms. The molecule has 0 aromatic carbocycles. The van der Waals surface area contributed by atoms with E-state index in [1.807, 2.05) is 27.2 Å². The number of carbonyl (C=O) groups excluding carboxylic acids is 1. The number of quaternary nitrogens is 1. The number of hydrogen-bond donors (Lipinski definition) is 2. The molecule has 0 aliphatic rings. The zero-order chi connectivity index (χ0) is 41.4. The standard InChI is InChI=1S/C47H93N2O6P/c1-6-8-10-12-14-16-18-20-21-22-23-24-25-26-27-29-31-33-35-37-39-41-47(51)48-45(44-55-56(52,53)54-43-42-49(3,4)5)46(50)40-38-36-34-32-30-28-19-17-15-13-11-9-7-2/h20-21,38,40,45-46,50H,6-19,22-37,39,41-44H2,1-5H3,(H-,48,51,52,53). The molecule has 0 bridgehead atoms. The Morgan fingerprint density at radius 3 is 1.39 bits per heavy atom. The number of nitrogens with zero attached hydrogens (tertiary/aromatic N) is 1. The lowest BCUT2D eigenvalue weighted by Crippen LogP contribution is -2.45. The van der Waals surface area contributed by atoms with Crippen LogP contribution in [0.15, 0.2) is 24.3 Å². The number of aliphatic hydroxyl groups is 1.